The summed E-state index contributed by atoms with van der Waals surface area (Å²) in [6, 6.07) is 15.4. The quantitative estimate of drug-likeness (QED) is 0.877. The van der Waals surface area contributed by atoms with Crippen molar-refractivity contribution >= 4 is 21.4 Å². The fourth-order valence-electron chi connectivity index (χ4n) is 3.73. The van der Waals surface area contributed by atoms with Crippen molar-refractivity contribution in [1.82, 2.24) is 5.32 Å². The molecule has 6 nitrogen and oxygen atoms in total. The zero-order valence-electron chi connectivity index (χ0n) is 15.7. The number of rotatable bonds is 3. The Morgan fingerprint density at radius 3 is 2.56 bits per heavy atom. The molecule has 1 saturated heterocycles. The minimum absolute atomic E-state index is 0.00849. The molecule has 2 aliphatic rings. The van der Waals surface area contributed by atoms with Crippen molar-refractivity contribution < 1.29 is 13.2 Å². The highest BCUT2D eigenvalue weighted by Crippen LogP contribution is 2.43. The van der Waals surface area contributed by atoms with Gasteiger partial charge in [-0.2, -0.15) is 0 Å². The molecule has 2 aliphatic heterocycles. The van der Waals surface area contributed by atoms with Crippen LogP contribution in [-0.4, -0.2) is 39.5 Å². The highest BCUT2D eigenvalue weighted by molar-refractivity contribution is 7.92. The molecule has 1 fully saturated rings. The Hall–Kier alpha value is -2.25. The first-order valence-electron chi connectivity index (χ1n) is 9.16. The van der Waals surface area contributed by atoms with Crippen LogP contribution in [0, 0.1) is 0 Å². The molecule has 0 spiro atoms. The molecule has 0 unspecified atom stereocenters. The van der Waals surface area contributed by atoms with E-state index in [1.807, 2.05) is 48.5 Å². The zero-order valence-corrected chi connectivity index (χ0v) is 16.5. The second-order valence-electron chi connectivity index (χ2n) is 7.72. The zero-order chi connectivity index (χ0) is 19.1. The van der Waals surface area contributed by atoms with Gasteiger partial charge in [0.15, 0.2) is 5.75 Å². The Morgan fingerprint density at radius 1 is 1.07 bits per heavy atom. The molecule has 0 aliphatic carbocycles. The lowest BCUT2D eigenvalue weighted by atomic mass is 10.0. The molecular formula is C20H25N3O3S. The van der Waals surface area contributed by atoms with E-state index in [4.69, 9.17) is 4.74 Å². The smallest absolute Gasteiger partial charge is 0.271 e. The number of sulfonamides is 1. The van der Waals surface area contributed by atoms with Crippen LogP contribution in [0.4, 0.5) is 11.4 Å². The van der Waals surface area contributed by atoms with Crippen LogP contribution in [0.2, 0.25) is 0 Å². The molecule has 0 amide bonds. The van der Waals surface area contributed by atoms with Crippen molar-refractivity contribution in [1.29, 1.82) is 0 Å². The molecule has 0 bridgehead atoms. The van der Waals surface area contributed by atoms with E-state index in [1.54, 1.807) is 0 Å². The number of para-hydroxylation sites is 1. The van der Waals surface area contributed by atoms with Crippen molar-refractivity contribution in [2.45, 2.75) is 25.9 Å². The Morgan fingerprint density at radius 2 is 1.81 bits per heavy atom. The normalized spacial score (nSPS) is 20.7. The van der Waals surface area contributed by atoms with Gasteiger partial charge in [0.2, 0.25) is 5.94 Å². The van der Waals surface area contributed by atoms with Gasteiger partial charge in [0.05, 0.1) is 17.9 Å². The SMILES string of the molecule is CC1(C)CN(c2cccc3c2OCS(=O)(=O)N3Cc2ccccc2)CCN1. The fraction of sp³-hybridized carbons (Fsp3) is 0.400. The van der Waals surface area contributed by atoms with Gasteiger partial charge in [0.25, 0.3) is 10.0 Å². The van der Waals surface area contributed by atoms with Gasteiger partial charge in [0, 0.05) is 25.2 Å². The number of ether oxygens (including phenoxy) is 1. The second kappa shape index (κ2) is 6.73. The van der Waals surface area contributed by atoms with Gasteiger partial charge in [0.1, 0.15) is 0 Å². The Labute approximate surface area is 160 Å². The number of piperazine rings is 1. The summed E-state index contributed by atoms with van der Waals surface area (Å²) in [6.45, 7) is 7.20. The van der Waals surface area contributed by atoms with Crippen LogP contribution < -0.4 is 19.3 Å². The van der Waals surface area contributed by atoms with E-state index in [0.717, 1.165) is 30.9 Å². The van der Waals surface area contributed by atoms with Gasteiger partial charge in [-0.15, -0.1) is 0 Å². The molecule has 0 atom stereocenters. The standard InChI is InChI=1S/C20H25N3O3S/c1-20(2)14-22(12-11-21-20)17-9-6-10-18-19(17)26-15-27(24,25)23(18)13-16-7-4-3-5-8-16/h3-10,21H,11-15H2,1-2H3. The topological polar surface area (TPSA) is 61.9 Å². The summed E-state index contributed by atoms with van der Waals surface area (Å²) < 4.78 is 32.7. The van der Waals surface area contributed by atoms with Crippen molar-refractivity contribution in [3.05, 3.63) is 54.1 Å². The maximum absolute atomic E-state index is 12.7. The van der Waals surface area contributed by atoms with E-state index in [0.29, 0.717) is 18.0 Å². The van der Waals surface area contributed by atoms with Crippen LogP contribution in [0.25, 0.3) is 0 Å². The Bertz CT molecular complexity index is 929. The van der Waals surface area contributed by atoms with E-state index in [1.165, 1.54) is 4.31 Å². The number of nitrogens with one attached hydrogen (secondary N) is 1. The lowest BCUT2D eigenvalue weighted by molar-refractivity contribution is 0.343. The third-order valence-corrected chi connectivity index (χ3v) is 6.42. The molecule has 0 radical (unpaired) electrons. The van der Waals surface area contributed by atoms with Gasteiger partial charge in [-0.05, 0) is 31.5 Å². The van der Waals surface area contributed by atoms with Crippen LogP contribution in [0.15, 0.2) is 48.5 Å². The summed E-state index contributed by atoms with van der Waals surface area (Å²) in [5, 5.41) is 3.50. The summed E-state index contributed by atoms with van der Waals surface area (Å²) in [4.78, 5) is 2.27. The molecule has 2 aromatic rings. The number of hydrogen-bond acceptors (Lipinski definition) is 5. The van der Waals surface area contributed by atoms with Crippen molar-refractivity contribution in [2.24, 2.45) is 0 Å². The van der Waals surface area contributed by atoms with E-state index in [2.05, 4.69) is 24.1 Å². The first-order valence-corrected chi connectivity index (χ1v) is 10.8. The molecule has 0 saturated carbocycles. The molecule has 0 aromatic heterocycles. The molecule has 27 heavy (non-hydrogen) atoms. The maximum Gasteiger partial charge on any atom is 0.271 e. The third-order valence-electron chi connectivity index (χ3n) is 5.01. The average molecular weight is 388 g/mol. The van der Waals surface area contributed by atoms with Gasteiger partial charge in [-0.1, -0.05) is 36.4 Å². The van der Waals surface area contributed by atoms with Crippen molar-refractivity contribution in [3.63, 3.8) is 0 Å². The highest BCUT2D eigenvalue weighted by atomic mass is 32.2. The first-order chi connectivity index (χ1) is 12.9. The summed E-state index contributed by atoms with van der Waals surface area (Å²) in [7, 11) is -3.53. The highest BCUT2D eigenvalue weighted by Gasteiger charge is 2.35. The average Bonchev–Trinajstić information content (AvgIpc) is 2.63. The van der Waals surface area contributed by atoms with E-state index in [9.17, 15) is 8.42 Å². The Kier molecular flexibility index (Phi) is 4.52. The molecular weight excluding hydrogens is 362 g/mol. The summed E-state index contributed by atoms with van der Waals surface area (Å²) in [5.74, 6) is 0.320. The van der Waals surface area contributed by atoms with E-state index in [-0.39, 0.29) is 11.5 Å². The Balaban J connectivity index is 1.73. The lowest BCUT2D eigenvalue weighted by Crippen LogP contribution is -2.57. The van der Waals surface area contributed by atoms with Crippen LogP contribution in [0.3, 0.4) is 0 Å². The van der Waals surface area contributed by atoms with Crippen LogP contribution in [-0.2, 0) is 16.6 Å². The monoisotopic (exact) mass is 387 g/mol. The predicted octanol–water partition coefficient (Wildman–Crippen LogP) is 2.56. The van der Waals surface area contributed by atoms with E-state index < -0.39 is 10.0 Å². The molecule has 4 rings (SSSR count). The van der Waals surface area contributed by atoms with Gasteiger partial charge in [-0.3, -0.25) is 4.31 Å². The minimum Gasteiger partial charge on any atom is -0.471 e. The van der Waals surface area contributed by atoms with Gasteiger partial charge >= 0.3 is 0 Å². The minimum atomic E-state index is -3.53. The van der Waals surface area contributed by atoms with Crippen molar-refractivity contribution in [2.75, 3.05) is 34.8 Å². The van der Waals surface area contributed by atoms with Crippen LogP contribution >= 0.6 is 0 Å². The number of nitrogens with zero attached hydrogens (tertiary/aromatic N) is 2. The van der Waals surface area contributed by atoms with Gasteiger partial charge < -0.3 is 15.0 Å². The second-order valence-corrected chi connectivity index (χ2v) is 9.56. The summed E-state index contributed by atoms with van der Waals surface area (Å²) >= 11 is 0. The lowest BCUT2D eigenvalue weighted by Gasteiger charge is -2.42. The number of hydrogen-bond donors (Lipinski definition) is 1. The first kappa shape index (κ1) is 18.1. The number of anilines is 2. The third kappa shape index (κ3) is 3.61. The summed E-state index contributed by atoms with van der Waals surface area (Å²) in [5.41, 5.74) is 2.50. The predicted molar refractivity (Wildman–Crippen MR) is 108 cm³/mol. The maximum atomic E-state index is 12.7. The molecule has 7 heteroatoms. The van der Waals surface area contributed by atoms with Crippen LogP contribution in [0.1, 0.15) is 19.4 Å². The van der Waals surface area contributed by atoms with Gasteiger partial charge in [-0.25, -0.2) is 8.42 Å². The summed E-state index contributed by atoms with van der Waals surface area (Å²) in [6.07, 6.45) is 0. The largest absolute Gasteiger partial charge is 0.471 e. The number of fused-ring (bicyclic) bond motifs is 1. The molecule has 1 N–H and O–H groups in total. The molecule has 2 heterocycles. The molecule has 2 aromatic carbocycles. The fourth-order valence-corrected chi connectivity index (χ4v) is 4.92. The van der Waals surface area contributed by atoms with Crippen molar-refractivity contribution in [3.8, 4) is 5.75 Å². The molecule has 144 valence electrons. The van der Waals surface area contributed by atoms with E-state index >= 15 is 0 Å². The van der Waals surface area contributed by atoms with Crippen LogP contribution in [0.5, 0.6) is 5.75 Å². The number of benzene rings is 2.